The van der Waals surface area contributed by atoms with E-state index in [4.69, 9.17) is 37.5 Å². The van der Waals surface area contributed by atoms with Crippen LogP contribution in [0.1, 0.15) is 32.1 Å². The summed E-state index contributed by atoms with van der Waals surface area (Å²) in [5, 5.41) is 23.3. The molecule has 0 aromatic carbocycles. The van der Waals surface area contributed by atoms with Gasteiger partial charge < -0.3 is 48.0 Å². The number of nitrogens with one attached hydrogen (secondary N) is 4. The molecule has 0 rings (SSSR count). The highest BCUT2D eigenvalue weighted by atomic mass is 31.2. The molecule has 0 aromatic heterocycles. The molecule has 0 aliphatic heterocycles. The molecule has 0 spiro atoms. The van der Waals surface area contributed by atoms with Crippen molar-refractivity contribution in [1.82, 2.24) is 16.0 Å². The number of phosphoric acid groups is 1. The van der Waals surface area contributed by atoms with Crippen LogP contribution in [0.15, 0.2) is 0 Å². The van der Waals surface area contributed by atoms with Gasteiger partial charge in [0.15, 0.2) is 12.0 Å². The smallest absolute Gasteiger partial charge is 0.469 e. The van der Waals surface area contributed by atoms with Gasteiger partial charge in [-0.25, -0.2) is 9.36 Å². The zero-order valence-corrected chi connectivity index (χ0v) is 17.8. The van der Waals surface area contributed by atoms with E-state index in [9.17, 15) is 18.9 Å². The van der Waals surface area contributed by atoms with Crippen molar-refractivity contribution < 1.29 is 38.4 Å². The van der Waals surface area contributed by atoms with Gasteiger partial charge in [0.2, 0.25) is 11.8 Å². The molecule has 0 bridgehead atoms. The number of unbranched alkanes of at least 4 members (excludes halogenated alkanes) is 1. The predicted molar refractivity (Wildman–Crippen MR) is 110 cm³/mol. The van der Waals surface area contributed by atoms with E-state index in [1.165, 1.54) is 0 Å². The van der Waals surface area contributed by atoms with E-state index >= 15 is 0 Å². The number of carboxylic acid groups (broad SMARTS) is 1. The topological polar surface area (TPSA) is 276 Å². The largest absolute Gasteiger partial charge is 0.480 e. The summed E-state index contributed by atoms with van der Waals surface area (Å²) >= 11 is 0. The van der Waals surface area contributed by atoms with Crippen LogP contribution in [0.25, 0.3) is 0 Å². The van der Waals surface area contributed by atoms with E-state index in [1.54, 1.807) is 0 Å². The van der Waals surface area contributed by atoms with Gasteiger partial charge in [-0.2, -0.15) is 0 Å². The lowest BCUT2D eigenvalue weighted by Crippen LogP contribution is -2.55. The van der Waals surface area contributed by atoms with Crippen molar-refractivity contribution in [3.05, 3.63) is 0 Å². The third-order valence-electron chi connectivity index (χ3n) is 3.95. The van der Waals surface area contributed by atoms with Gasteiger partial charge in [0.05, 0.1) is 12.6 Å². The summed E-state index contributed by atoms with van der Waals surface area (Å²) < 4.78 is 14.9. The minimum absolute atomic E-state index is 0.0407. The van der Waals surface area contributed by atoms with Crippen LogP contribution in [0, 0.1) is 5.41 Å². The standard InChI is InChI=1S/C15H32N7O8P/c16-6-2-1-4-9(17)12(23)21-10(5-3-7-20-15(18)19)13(24)22-11(14(25)26)8-30-31(27,28)29/h9-11H,1-8,16-17H2,(H,21,23)(H,22,24)(H,25,26)(H4,18,19,20)(H2,27,28,29)/t9-,10-,11-/m0/s1. The lowest BCUT2D eigenvalue weighted by atomic mass is 10.1. The monoisotopic (exact) mass is 469 g/mol. The van der Waals surface area contributed by atoms with Crippen LogP contribution in [0.2, 0.25) is 0 Å². The van der Waals surface area contributed by atoms with Gasteiger partial charge in [-0.05, 0) is 32.2 Å². The molecule has 0 radical (unpaired) electrons. The van der Waals surface area contributed by atoms with Crippen molar-refractivity contribution in [1.29, 1.82) is 5.41 Å². The fraction of sp³-hybridized carbons (Fsp3) is 0.733. The Balaban J connectivity index is 5.10. The first-order chi connectivity index (χ1) is 14.4. The maximum Gasteiger partial charge on any atom is 0.469 e. The lowest BCUT2D eigenvalue weighted by Gasteiger charge is -2.23. The van der Waals surface area contributed by atoms with Crippen molar-refractivity contribution in [3.63, 3.8) is 0 Å². The minimum Gasteiger partial charge on any atom is -0.480 e. The fourth-order valence-corrected chi connectivity index (χ4v) is 2.68. The van der Waals surface area contributed by atoms with Crippen LogP contribution in [0.4, 0.5) is 0 Å². The Morgan fingerprint density at radius 2 is 1.65 bits per heavy atom. The molecule has 0 aromatic rings. The van der Waals surface area contributed by atoms with E-state index in [2.05, 4.69) is 20.5 Å². The number of carbonyl (C=O) groups is 3. The van der Waals surface area contributed by atoms with Crippen molar-refractivity contribution in [2.24, 2.45) is 17.2 Å². The predicted octanol–water partition coefficient (Wildman–Crippen LogP) is -3.13. The molecule has 3 atom stereocenters. The number of carbonyl (C=O) groups excluding carboxylic acids is 2. The Bertz CT molecular complexity index is 659. The van der Waals surface area contributed by atoms with Crippen LogP contribution in [0.5, 0.6) is 0 Å². The number of phosphoric ester groups is 1. The second-order valence-corrected chi connectivity index (χ2v) is 7.86. The Hall–Kier alpha value is -2.29. The number of nitrogens with two attached hydrogens (primary N) is 3. The second kappa shape index (κ2) is 14.7. The Labute approximate surface area is 179 Å². The first-order valence-electron chi connectivity index (χ1n) is 9.44. The van der Waals surface area contributed by atoms with Gasteiger partial charge in [-0.15, -0.1) is 0 Å². The summed E-state index contributed by atoms with van der Waals surface area (Å²) in [5.41, 5.74) is 16.4. The molecule has 15 nitrogen and oxygen atoms in total. The van der Waals surface area contributed by atoms with Crippen molar-refractivity contribution >= 4 is 31.6 Å². The van der Waals surface area contributed by atoms with E-state index in [0.29, 0.717) is 25.8 Å². The molecule has 13 N–H and O–H groups in total. The highest BCUT2D eigenvalue weighted by Crippen LogP contribution is 2.35. The molecule has 0 saturated carbocycles. The molecule has 0 aliphatic rings. The molecule has 0 unspecified atom stereocenters. The molecule has 31 heavy (non-hydrogen) atoms. The first-order valence-corrected chi connectivity index (χ1v) is 11.0. The number of hydrogen-bond acceptors (Lipinski definition) is 8. The molecule has 0 aliphatic carbocycles. The minimum atomic E-state index is -4.96. The molecule has 0 fully saturated rings. The van der Waals surface area contributed by atoms with E-state index in [-0.39, 0.29) is 25.3 Å². The number of hydrogen-bond donors (Lipinski definition) is 10. The summed E-state index contributed by atoms with van der Waals surface area (Å²) in [4.78, 5) is 53.6. The summed E-state index contributed by atoms with van der Waals surface area (Å²) in [7, 11) is -4.96. The van der Waals surface area contributed by atoms with Crippen molar-refractivity contribution in [3.8, 4) is 0 Å². The zero-order chi connectivity index (χ0) is 24.0. The molecule has 16 heteroatoms. The average molecular weight is 469 g/mol. The van der Waals surface area contributed by atoms with Gasteiger partial charge in [0.1, 0.15) is 6.04 Å². The molecular formula is C15H32N7O8P. The van der Waals surface area contributed by atoms with E-state index in [1.807, 2.05) is 0 Å². The molecular weight excluding hydrogens is 437 g/mol. The van der Waals surface area contributed by atoms with Crippen LogP contribution in [-0.2, 0) is 23.5 Å². The Morgan fingerprint density at radius 3 is 2.16 bits per heavy atom. The SMILES string of the molecule is N=C(N)NCCC[C@H](NC(=O)[C@@H](N)CCCCN)C(=O)N[C@@H](COP(=O)(O)O)C(=O)O. The highest BCUT2D eigenvalue weighted by Gasteiger charge is 2.29. The zero-order valence-electron chi connectivity index (χ0n) is 17.0. The van der Waals surface area contributed by atoms with Crippen LogP contribution >= 0.6 is 7.82 Å². The van der Waals surface area contributed by atoms with Crippen LogP contribution in [-0.4, -0.2) is 76.5 Å². The maximum absolute atomic E-state index is 12.5. The first kappa shape index (κ1) is 28.7. The Kier molecular flexibility index (Phi) is 13.6. The number of amides is 2. The normalized spacial score (nSPS) is 14.2. The van der Waals surface area contributed by atoms with Crippen molar-refractivity contribution in [2.75, 3.05) is 19.7 Å². The summed E-state index contributed by atoms with van der Waals surface area (Å²) in [6.45, 7) is -0.340. The van der Waals surface area contributed by atoms with Gasteiger partial charge in [-0.3, -0.25) is 19.5 Å². The van der Waals surface area contributed by atoms with Gasteiger partial charge in [0.25, 0.3) is 0 Å². The highest BCUT2D eigenvalue weighted by molar-refractivity contribution is 7.46. The molecule has 2 amide bonds. The van der Waals surface area contributed by atoms with E-state index < -0.39 is 50.3 Å². The van der Waals surface area contributed by atoms with Crippen LogP contribution < -0.4 is 33.2 Å². The second-order valence-electron chi connectivity index (χ2n) is 6.62. The third-order valence-corrected chi connectivity index (χ3v) is 4.43. The summed E-state index contributed by atoms with van der Waals surface area (Å²) in [6, 6.07) is -3.88. The average Bonchev–Trinajstić information content (AvgIpc) is 2.65. The van der Waals surface area contributed by atoms with E-state index in [0.717, 1.165) is 0 Å². The number of carboxylic acids is 1. The van der Waals surface area contributed by atoms with Crippen molar-refractivity contribution in [2.45, 2.75) is 50.2 Å². The van der Waals surface area contributed by atoms with Gasteiger partial charge in [-0.1, -0.05) is 6.42 Å². The molecule has 0 saturated heterocycles. The Morgan fingerprint density at radius 1 is 1.03 bits per heavy atom. The third kappa shape index (κ3) is 14.4. The number of aliphatic carboxylic acids is 1. The number of guanidine groups is 1. The summed E-state index contributed by atoms with van der Waals surface area (Å²) in [6.07, 6.45) is 1.92. The number of rotatable bonds is 16. The fourth-order valence-electron chi connectivity index (χ4n) is 2.34. The molecule has 0 heterocycles. The maximum atomic E-state index is 12.5. The van der Waals surface area contributed by atoms with Crippen LogP contribution in [0.3, 0.4) is 0 Å². The van der Waals surface area contributed by atoms with Gasteiger partial charge in [0, 0.05) is 6.54 Å². The lowest BCUT2D eigenvalue weighted by molar-refractivity contribution is -0.143. The quantitative estimate of drug-likeness (QED) is 0.0465. The molecule has 180 valence electrons. The summed E-state index contributed by atoms with van der Waals surface area (Å²) in [5.74, 6) is -3.42. The van der Waals surface area contributed by atoms with Gasteiger partial charge >= 0.3 is 13.8 Å².